The van der Waals surface area contributed by atoms with Crippen molar-refractivity contribution in [2.75, 3.05) is 13.1 Å². The number of carboxylic acids is 1. The van der Waals surface area contributed by atoms with Gasteiger partial charge in [0.05, 0.1) is 23.9 Å². The predicted octanol–water partition coefficient (Wildman–Crippen LogP) is 3.60. The molecule has 2 saturated carbocycles. The van der Waals surface area contributed by atoms with Gasteiger partial charge in [0.2, 0.25) is 0 Å². The van der Waals surface area contributed by atoms with Gasteiger partial charge in [0.15, 0.2) is 23.4 Å². The van der Waals surface area contributed by atoms with Crippen molar-refractivity contribution in [3.63, 3.8) is 0 Å². The van der Waals surface area contributed by atoms with Gasteiger partial charge in [-0.05, 0) is 102 Å². The lowest BCUT2D eigenvalue weighted by Gasteiger charge is -2.62. The molecular formula is C38H37NO11. The Balaban J connectivity index is 1.16. The molecule has 2 heterocycles. The zero-order valence-electron chi connectivity index (χ0n) is 27.8. The highest BCUT2D eigenvalue weighted by atomic mass is 16.6. The number of esters is 3. The van der Waals surface area contributed by atoms with Crippen LogP contribution in [0.3, 0.4) is 0 Å². The third-order valence-corrected chi connectivity index (χ3v) is 11.1. The van der Waals surface area contributed by atoms with Crippen LogP contribution < -0.4 is 18.9 Å². The lowest BCUT2D eigenvalue weighted by atomic mass is 9.49. The van der Waals surface area contributed by atoms with Gasteiger partial charge in [-0.25, -0.2) is 0 Å². The number of likely N-dealkylation sites (tertiary alicyclic amines) is 1. The number of piperidine rings is 1. The van der Waals surface area contributed by atoms with E-state index in [-0.39, 0.29) is 47.5 Å². The largest absolute Gasteiger partial charge is 0.481 e. The van der Waals surface area contributed by atoms with Gasteiger partial charge in [-0.3, -0.25) is 28.9 Å². The molecular weight excluding hydrogens is 646 g/mol. The first-order chi connectivity index (χ1) is 23.9. The van der Waals surface area contributed by atoms with Crippen LogP contribution in [0.15, 0.2) is 36.4 Å². The summed E-state index contributed by atoms with van der Waals surface area (Å²) < 4.78 is 23.0. The van der Waals surface area contributed by atoms with Gasteiger partial charge in [-0.2, -0.15) is 0 Å². The fraction of sp³-hybridized carbons (Fsp3) is 0.447. The minimum Gasteiger partial charge on any atom is -0.481 e. The molecule has 12 nitrogen and oxygen atoms in total. The molecule has 0 radical (unpaired) electrons. The lowest BCUT2D eigenvalue weighted by molar-refractivity contribution is -0.188. The van der Waals surface area contributed by atoms with E-state index in [2.05, 4.69) is 4.90 Å². The summed E-state index contributed by atoms with van der Waals surface area (Å²) in [6.07, 6.45) is 2.44. The first-order valence-electron chi connectivity index (χ1n) is 17.1. The predicted molar refractivity (Wildman–Crippen MR) is 175 cm³/mol. The van der Waals surface area contributed by atoms with E-state index in [0.29, 0.717) is 47.3 Å². The van der Waals surface area contributed by atoms with Gasteiger partial charge < -0.3 is 29.2 Å². The highest BCUT2D eigenvalue weighted by Gasteiger charge is 2.73. The van der Waals surface area contributed by atoms with Crippen molar-refractivity contribution in [3.8, 4) is 23.0 Å². The summed E-state index contributed by atoms with van der Waals surface area (Å²) >= 11 is 0. The summed E-state index contributed by atoms with van der Waals surface area (Å²) in [4.78, 5) is 65.1. The van der Waals surface area contributed by atoms with Crippen molar-refractivity contribution in [2.24, 2.45) is 5.92 Å². The van der Waals surface area contributed by atoms with Gasteiger partial charge in [-0.15, -0.1) is 0 Å². The molecule has 1 saturated heterocycles. The second-order valence-corrected chi connectivity index (χ2v) is 14.4. The first-order valence-corrected chi connectivity index (χ1v) is 17.1. The Kier molecular flexibility index (Phi) is 7.54. The summed E-state index contributed by atoms with van der Waals surface area (Å²) in [5.41, 5.74) is 0.249. The SMILES string of the molecule is CC(=O)Oc1cc(CC(=O)O)c2c(CC(=O)Oc3ccc4c5c3O[C@H]3C(=O)CC[C@@]6(O)[C@@H](C4)N(CC4CC4)CC[C@]536)cc(OC(C)=O)cc2c1. The maximum absolute atomic E-state index is 13.8. The molecule has 4 atom stereocenters. The molecule has 5 aliphatic rings. The topological polar surface area (TPSA) is 166 Å². The summed E-state index contributed by atoms with van der Waals surface area (Å²) in [7, 11) is 0. The van der Waals surface area contributed by atoms with E-state index in [0.717, 1.165) is 24.2 Å². The van der Waals surface area contributed by atoms with E-state index < -0.39 is 47.4 Å². The minimum absolute atomic E-state index is 0.0711. The van der Waals surface area contributed by atoms with Crippen LogP contribution >= 0.6 is 0 Å². The van der Waals surface area contributed by atoms with E-state index in [4.69, 9.17) is 18.9 Å². The minimum atomic E-state index is -1.17. The highest BCUT2D eigenvalue weighted by molar-refractivity contribution is 5.97. The molecule has 2 N–H and O–H groups in total. The average molecular weight is 684 g/mol. The quantitative estimate of drug-likeness (QED) is 0.249. The number of benzene rings is 3. The van der Waals surface area contributed by atoms with Crippen LogP contribution in [0, 0.1) is 5.92 Å². The molecule has 3 aromatic rings. The fourth-order valence-electron chi connectivity index (χ4n) is 9.18. The van der Waals surface area contributed by atoms with Crippen LogP contribution in [-0.2, 0) is 48.7 Å². The standard InChI is InChI=1S/C38H37NO11/c1-19(40)47-26-11-23-12-27(48-20(2)41)14-25(33(23)24(13-26)16-31(43)44)17-32(45)49-29-6-5-22-15-30-38(46)8-7-28(42)36-37(38,34(22)35(29)50-36)9-10-39(30)18-21-3-4-21/h5-6,11-14,21,30,36,46H,3-4,7-10,15-18H2,1-2H3,(H,43,44)/t30-,36+,37+,38-/m1/s1. The Morgan fingerprint density at radius 3 is 2.26 bits per heavy atom. The van der Waals surface area contributed by atoms with Crippen molar-refractivity contribution >= 4 is 40.4 Å². The molecule has 3 aliphatic carbocycles. The smallest absolute Gasteiger partial charge is 0.315 e. The van der Waals surface area contributed by atoms with Crippen LogP contribution in [0.25, 0.3) is 10.8 Å². The Hall–Kier alpha value is -4.81. The maximum atomic E-state index is 13.8. The number of carboxylic acid groups (broad SMARTS) is 1. The molecule has 3 aromatic carbocycles. The van der Waals surface area contributed by atoms with Crippen molar-refractivity contribution in [2.45, 2.75) is 88.4 Å². The van der Waals surface area contributed by atoms with Crippen LogP contribution in [0.5, 0.6) is 23.0 Å². The first kappa shape index (κ1) is 32.4. The average Bonchev–Trinajstić information content (AvgIpc) is 3.76. The van der Waals surface area contributed by atoms with Gasteiger partial charge in [0.25, 0.3) is 0 Å². The molecule has 50 heavy (non-hydrogen) atoms. The van der Waals surface area contributed by atoms with Crippen LogP contribution in [-0.4, -0.2) is 75.6 Å². The molecule has 0 amide bonds. The molecule has 2 aliphatic heterocycles. The summed E-state index contributed by atoms with van der Waals surface area (Å²) in [6.45, 7) is 4.12. The van der Waals surface area contributed by atoms with E-state index >= 15 is 0 Å². The second-order valence-electron chi connectivity index (χ2n) is 14.4. The normalized spacial score (nSPS) is 26.2. The number of carbonyl (C=O) groups is 5. The molecule has 12 heteroatoms. The third kappa shape index (κ3) is 5.15. The van der Waals surface area contributed by atoms with Crippen LogP contribution in [0.4, 0.5) is 0 Å². The van der Waals surface area contributed by atoms with Crippen molar-refractivity contribution < 1.29 is 53.1 Å². The monoisotopic (exact) mass is 683 g/mol. The Labute approximate surface area is 287 Å². The number of aliphatic carboxylic acids is 1. The van der Waals surface area contributed by atoms with Gasteiger partial charge in [0.1, 0.15) is 11.5 Å². The number of carbonyl (C=O) groups excluding carboxylic acids is 4. The summed E-state index contributed by atoms with van der Waals surface area (Å²) in [5.74, 6) is -1.85. The van der Waals surface area contributed by atoms with Crippen molar-refractivity contribution in [1.82, 2.24) is 4.90 Å². The van der Waals surface area contributed by atoms with Crippen molar-refractivity contribution in [1.29, 1.82) is 0 Å². The number of Topliss-reactive ketones (excluding diaryl/α,β-unsaturated/α-hetero) is 1. The number of aliphatic hydroxyl groups is 1. The zero-order valence-corrected chi connectivity index (χ0v) is 27.8. The van der Waals surface area contributed by atoms with E-state index in [1.54, 1.807) is 6.07 Å². The highest BCUT2D eigenvalue weighted by Crippen LogP contribution is 2.65. The maximum Gasteiger partial charge on any atom is 0.315 e. The molecule has 1 spiro atoms. The molecule has 0 aromatic heterocycles. The number of ketones is 1. The van der Waals surface area contributed by atoms with E-state index in [9.17, 15) is 34.2 Å². The summed E-state index contributed by atoms with van der Waals surface area (Å²) in [5, 5.41) is 23.0. The van der Waals surface area contributed by atoms with Gasteiger partial charge >= 0.3 is 23.9 Å². The molecule has 3 fully saturated rings. The van der Waals surface area contributed by atoms with E-state index in [1.807, 2.05) is 6.07 Å². The van der Waals surface area contributed by atoms with Gasteiger partial charge in [-0.1, -0.05) is 6.07 Å². The fourth-order valence-corrected chi connectivity index (χ4v) is 9.18. The zero-order chi connectivity index (χ0) is 35.1. The number of nitrogens with zero attached hydrogens (tertiary/aromatic N) is 1. The summed E-state index contributed by atoms with van der Waals surface area (Å²) in [6, 6.07) is 9.35. The number of rotatable bonds is 9. The second kappa shape index (κ2) is 11.6. The third-order valence-electron chi connectivity index (χ3n) is 11.1. The number of fused-ring (bicyclic) bond motifs is 1. The Morgan fingerprint density at radius 1 is 0.940 bits per heavy atom. The van der Waals surface area contributed by atoms with Gasteiger partial charge in [0, 0.05) is 38.4 Å². The Bertz CT molecular complexity index is 2010. The molecule has 260 valence electrons. The van der Waals surface area contributed by atoms with Crippen molar-refractivity contribution in [3.05, 3.63) is 58.7 Å². The van der Waals surface area contributed by atoms with E-state index in [1.165, 1.54) is 51.0 Å². The van der Waals surface area contributed by atoms with Crippen LogP contribution in [0.2, 0.25) is 0 Å². The Morgan fingerprint density at radius 2 is 1.62 bits per heavy atom. The molecule has 8 rings (SSSR count). The van der Waals surface area contributed by atoms with Crippen LogP contribution in [0.1, 0.15) is 68.2 Å². The molecule has 2 bridgehead atoms. The number of hydrogen-bond donors (Lipinski definition) is 2. The molecule has 0 unspecified atom stereocenters. The lowest BCUT2D eigenvalue weighted by Crippen LogP contribution is -2.76. The number of hydrogen-bond acceptors (Lipinski definition) is 11. The number of ether oxygens (including phenoxy) is 4.